The number of hydrogen-bond donors (Lipinski definition) is 0. The molecule has 0 aromatic heterocycles. The molecule has 0 rings (SSSR count). The van der Waals surface area contributed by atoms with Crippen molar-refractivity contribution in [2.24, 2.45) is 0 Å². The van der Waals surface area contributed by atoms with Gasteiger partial charge >= 0.3 is 90.4 Å². The van der Waals surface area contributed by atoms with E-state index in [1.807, 2.05) is 0 Å². The number of alkyl halides is 26. The van der Waals surface area contributed by atoms with E-state index in [0.717, 1.165) is 0 Å². The van der Waals surface area contributed by atoms with Crippen LogP contribution in [0.4, 0.5) is 114 Å². The first-order chi connectivity index (χ1) is 24.3. The van der Waals surface area contributed by atoms with Crippen LogP contribution in [0.2, 0.25) is 0 Å². The van der Waals surface area contributed by atoms with Crippen molar-refractivity contribution in [2.45, 2.75) is 90.5 Å². The molecule has 0 aromatic carbocycles. The SMILES string of the molecule is CN(CC(C(=O)[O-])N(C)S(=O)(=O)CCC(F)(F)C(F)(F)C(F)(F)C(F)(F)C(F)(F)C(F)(F)F)S(=O)(=O)CCC(F)(F)C(F)(F)C(F)(F)C(F)(F)C(F)(F)C(F)(F)F.[Li+]. The predicted molar refractivity (Wildman–Crippen MR) is 128 cm³/mol. The van der Waals surface area contributed by atoms with Crippen LogP contribution in [-0.4, -0.2) is 141 Å². The molecule has 0 fully saturated rings. The summed E-state index contributed by atoms with van der Waals surface area (Å²) < 4.78 is 392. The van der Waals surface area contributed by atoms with Crippen molar-refractivity contribution in [3.63, 3.8) is 0 Å². The van der Waals surface area contributed by atoms with Gasteiger partial charge in [-0.3, -0.25) is 0 Å². The van der Waals surface area contributed by atoms with Crippen LogP contribution in [0.5, 0.6) is 0 Å². The number of carboxylic acid groups (broad SMARTS) is 1. The summed E-state index contributed by atoms with van der Waals surface area (Å²) in [6.07, 6.45) is -22.6. The van der Waals surface area contributed by atoms with Gasteiger partial charge in [0.15, 0.2) is 0 Å². The molecule has 0 saturated carbocycles. The molecule has 0 aliphatic carbocycles. The molecule has 0 spiro atoms. The molecule has 342 valence electrons. The molecular formula is C21H17F26LiN2O6S2. The van der Waals surface area contributed by atoms with Gasteiger partial charge in [0.1, 0.15) is 0 Å². The van der Waals surface area contributed by atoms with Crippen LogP contribution in [0.25, 0.3) is 0 Å². The monoisotopic (exact) mass is 958 g/mol. The molecule has 0 aliphatic heterocycles. The van der Waals surface area contributed by atoms with Crippen molar-refractivity contribution in [2.75, 3.05) is 32.1 Å². The Hall–Kier alpha value is -1.93. The number of aliphatic carboxylic acids is 1. The molecule has 0 radical (unpaired) electrons. The van der Waals surface area contributed by atoms with E-state index < -0.39 is 143 Å². The molecule has 0 saturated heterocycles. The smallest absolute Gasteiger partial charge is 0.548 e. The minimum Gasteiger partial charge on any atom is -0.548 e. The van der Waals surface area contributed by atoms with E-state index in [2.05, 4.69) is 0 Å². The summed E-state index contributed by atoms with van der Waals surface area (Å²) in [6.45, 7) is -2.22. The summed E-state index contributed by atoms with van der Waals surface area (Å²) in [6, 6.07) is -3.37. The van der Waals surface area contributed by atoms with E-state index in [4.69, 9.17) is 0 Å². The zero-order chi connectivity index (χ0) is 46.8. The first-order valence-electron chi connectivity index (χ1n) is 13.3. The molecule has 0 bridgehead atoms. The van der Waals surface area contributed by atoms with Crippen molar-refractivity contribution >= 4 is 26.0 Å². The quantitative estimate of drug-likeness (QED) is 0.137. The average Bonchev–Trinajstić information content (AvgIpc) is 2.99. The predicted octanol–water partition coefficient (Wildman–Crippen LogP) is 2.89. The Morgan fingerprint density at radius 3 is 0.948 bits per heavy atom. The summed E-state index contributed by atoms with van der Waals surface area (Å²) in [4.78, 5) is 11.5. The fraction of sp³-hybridized carbons (Fsp3) is 0.952. The Morgan fingerprint density at radius 1 is 0.466 bits per heavy atom. The summed E-state index contributed by atoms with van der Waals surface area (Å²) in [7, 11) is -12.6. The van der Waals surface area contributed by atoms with Crippen molar-refractivity contribution in [1.82, 2.24) is 8.61 Å². The number of carbonyl (C=O) groups is 1. The molecule has 1 unspecified atom stereocenters. The zero-order valence-electron chi connectivity index (χ0n) is 27.6. The molecule has 37 heteroatoms. The minimum absolute atomic E-state index is 0. The number of hydrogen-bond acceptors (Lipinski definition) is 6. The van der Waals surface area contributed by atoms with Gasteiger partial charge in [-0.25, -0.2) is 21.1 Å². The van der Waals surface area contributed by atoms with Gasteiger partial charge in [-0.15, -0.1) is 0 Å². The van der Waals surface area contributed by atoms with Crippen LogP contribution in [-0.2, 0) is 24.8 Å². The van der Waals surface area contributed by atoms with Gasteiger partial charge in [-0.2, -0.15) is 118 Å². The molecule has 0 aliphatic rings. The minimum atomic E-state index is -8.43. The van der Waals surface area contributed by atoms with Gasteiger partial charge in [-0.1, -0.05) is 0 Å². The summed E-state index contributed by atoms with van der Waals surface area (Å²) in [5.41, 5.74) is 0. The van der Waals surface area contributed by atoms with Crippen LogP contribution in [0, 0.1) is 0 Å². The molecule has 0 N–H and O–H groups in total. The van der Waals surface area contributed by atoms with Crippen molar-refractivity contribution < 1.29 is 160 Å². The van der Waals surface area contributed by atoms with Crippen molar-refractivity contribution in [3.8, 4) is 0 Å². The average molecular weight is 958 g/mol. The number of sulfonamides is 2. The normalized spacial score (nSPS) is 16.4. The van der Waals surface area contributed by atoms with Crippen molar-refractivity contribution in [3.05, 3.63) is 0 Å². The Labute approximate surface area is 317 Å². The Kier molecular flexibility index (Phi) is 16.4. The van der Waals surface area contributed by atoms with E-state index in [1.165, 1.54) is 0 Å². The summed E-state index contributed by atoms with van der Waals surface area (Å²) in [5, 5.41) is 11.5. The molecule has 1 atom stereocenters. The van der Waals surface area contributed by atoms with Gasteiger partial charge in [0.25, 0.3) is 0 Å². The van der Waals surface area contributed by atoms with Gasteiger partial charge in [0, 0.05) is 33.5 Å². The second-order valence-electron chi connectivity index (χ2n) is 11.3. The summed E-state index contributed by atoms with van der Waals surface area (Å²) >= 11 is 0. The Bertz CT molecular complexity index is 1680. The number of rotatable bonds is 20. The van der Waals surface area contributed by atoms with Crippen LogP contribution in [0.1, 0.15) is 12.8 Å². The molecule has 58 heavy (non-hydrogen) atoms. The molecule has 0 aromatic rings. The van der Waals surface area contributed by atoms with Crippen LogP contribution in [0.15, 0.2) is 0 Å². The van der Waals surface area contributed by atoms with Gasteiger partial charge < -0.3 is 9.90 Å². The first-order valence-corrected chi connectivity index (χ1v) is 16.5. The molecular weight excluding hydrogens is 941 g/mol. The van der Waals surface area contributed by atoms with E-state index in [-0.39, 0.29) is 33.0 Å². The standard InChI is InChI=1S/C21H18F26N2O6S2.Li/c1-48(56(52,53)5-3-10(22,23)12(26,27)14(30,31)16(34,35)18(38,39)20(42,43)44)7-8(9(50)51)49(2)57(54,55)6-4-11(24,25)13(28,29)15(32,33)17(36,37)19(40,41)21(45,46)47;/h8H,3-7H2,1-2H3,(H,50,51);/q;+1/p-1. The maximum absolute atomic E-state index is 14.1. The van der Waals surface area contributed by atoms with Crippen LogP contribution < -0.4 is 24.0 Å². The number of nitrogens with zero attached hydrogens (tertiary/aromatic N) is 2. The van der Waals surface area contributed by atoms with Crippen molar-refractivity contribution in [1.29, 1.82) is 0 Å². The van der Waals surface area contributed by atoms with Gasteiger partial charge in [0.2, 0.25) is 20.0 Å². The Morgan fingerprint density at radius 2 is 0.707 bits per heavy atom. The number of carbonyl (C=O) groups excluding carboxylic acids is 1. The largest absolute Gasteiger partial charge is 1.00 e. The van der Waals surface area contributed by atoms with Crippen LogP contribution in [0.3, 0.4) is 0 Å². The maximum Gasteiger partial charge on any atom is 1.00 e. The first kappa shape index (κ1) is 58.2. The fourth-order valence-corrected chi connectivity index (χ4v) is 6.16. The van der Waals surface area contributed by atoms with E-state index >= 15 is 0 Å². The van der Waals surface area contributed by atoms with Gasteiger partial charge in [-0.05, 0) is 0 Å². The summed E-state index contributed by atoms with van der Waals surface area (Å²) in [5.74, 6) is -89.0. The Balaban J connectivity index is 0. The third-order valence-electron chi connectivity index (χ3n) is 7.40. The topological polar surface area (TPSA) is 115 Å². The van der Waals surface area contributed by atoms with Gasteiger partial charge in [0.05, 0.1) is 23.5 Å². The zero-order valence-corrected chi connectivity index (χ0v) is 29.2. The third kappa shape index (κ3) is 9.58. The van der Waals surface area contributed by atoms with E-state index in [0.29, 0.717) is 0 Å². The number of halogens is 26. The molecule has 8 nitrogen and oxygen atoms in total. The molecule has 0 amide bonds. The number of carboxylic acids is 1. The maximum atomic E-state index is 14.1. The molecule has 0 heterocycles. The second kappa shape index (κ2) is 16.4. The van der Waals surface area contributed by atoms with E-state index in [1.54, 1.807) is 0 Å². The number of likely N-dealkylation sites (N-methyl/N-ethyl adjacent to an activating group) is 2. The van der Waals surface area contributed by atoms with E-state index in [9.17, 15) is 141 Å². The van der Waals surface area contributed by atoms with Crippen LogP contribution >= 0.6 is 0 Å². The second-order valence-corrected chi connectivity index (χ2v) is 15.6. The third-order valence-corrected chi connectivity index (χ3v) is 11.1. The fourth-order valence-electron chi connectivity index (χ4n) is 3.62.